The van der Waals surface area contributed by atoms with Gasteiger partial charge in [0, 0.05) is 6.61 Å². The Balaban J connectivity index is 1.48. The summed E-state index contributed by atoms with van der Waals surface area (Å²) in [5.41, 5.74) is 4.38. The quantitative estimate of drug-likeness (QED) is 0.0825. The molecule has 3 rings (SSSR count). The number of unbranched alkanes of at least 4 members (excludes halogenated alkanes) is 8. The van der Waals surface area contributed by atoms with Gasteiger partial charge in [-0.2, -0.15) is 0 Å². The second-order valence-electron chi connectivity index (χ2n) is 10.8. The molecule has 0 unspecified atom stereocenters. The maximum Gasteiger partial charge on any atom is 0.343 e. The molecule has 0 spiro atoms. The average molecular weight is 565 g/mol. The molecule has 0 N–H and O–H groups in total. The van der Waals surface area contributed by atoms with E-state index in [0.29, 0.717) is 23.5 Å². The minimum Gasteiger partial charge on any atom is -0.423 e. The Morgan fingerprint density at radius 1 is 0.683 bits per heavy atom. The number of aryl methyl sites for hydroxylation is 1. The van der Waals surface area contributed by atoms with Crippen LogP contribution in [0.4, 0.5) is 8.78 Å². The molecule has 0 aliphatic carbocycles. The highest BCUT2D eigenvalue weighted by molar-refractivity contribution is 5.91. The van der Waals surface area contributed by atoms with Crippen LogP contribution in [0, 0.1) is 0 Å². The molecule has 3 nitrogen and oxygen atoms in total. The van der Waals surface area contributed by atoms with Crippen LogP contribution in [0.15, 0.2) is 72.8 Å². The van der Waals surface area contributed by atoms with Crippen molar-refractivity contribution in [2.75, 3.05) is 13.2 Å². The Hall–Kier alpha value is -3.05. The zero-order chi connectivity index (χ0) is 29.3. The predicted octanol–water partition coefficient (Wildman–Crippen LogP) is 10.4. The number of alkyl halides is 2. The van der Waals surface area contributed by atoms with Gasteiger partial charge in [-0.3, -0.25) is 0 Å². The van der Waals surface area contributed by atoms with Crippen LogP contribution in [-0.2, 0) is 11.2 Å². The average Bonchev–Trinajstić information content (AvgIpc) is 2.99. The number of hydrogen-bond donors (Lipinski definition) is 0. The van der Waals surface area contributed by atoms with Crippen LogP contribution in [0.25, 0.3) is 11.1 Å². The molecule has 0 aromatic heterocycles. The number of rotatable bonds is 19. The predicted molar refractivity (Wildman–Crippen MR) is 164 cm³/mol. The molecule has 0 amide bonds. The Morgan fingerprint density at radius 2 is 1.24 bits per heavy atom. The van der Waals surface area contributed by atoms with Gasteiger partial charge in [-0.15, -0.1) is 0 Å². The molecule has 222 valence electrons. The number of esters is 1. The Bertz CT molecular complexity index is 1120. The molecular weight excluding hydrogens is 518 g/mol. The van der Waals surface area contributed by atoms with Gasteiger partial charge in [-0.1, -0.05) is 114 Å². The van der Waals surface area contributed by atoms with E-state index in [2.05, 4.69) is 38.1 Å². The normalized spacial score (nSPS) is 12.0. The van der Waals surface area contributed by atoms with E-state index in [9.17, 15) is 13.6 Å². The fraction of sp³-hybridized carbons (Fsp3) is 0.472. The molecule has 0 radical (unpaired) electrons. The van der Waals surface area contributed by atoms with E-state index >= 15 is 0 Å². The molecule has 0 fully saturated rings. The largest absolute Gasteiger partial charge is 0.423 e. The van der Waals surface area contributed by atoms with E-state index in [4.69, 9.17) is 9.47 Å². The molecule has 3 aromatic rings. The number of halogens is 2. The highest BCUT2D eigenvalue weighted by atomic mass is 19.3. The highest BCUT2D eigenvalue weighted by Crippen LogP contribution is 2.27. The first-order chi connectivity index (χ1) is 20.0. The lowest BCUT2D eigenvalue weighted by atomic mass is 10.00. The van der Waals surface area contributed by atoms with Crippen LogP contribution in [0.5, 0.6) is 5.75 Å². The van der Waals surface area contributed by atoms with Crippen LogP contribution < -0.4 is 4.74 Å². The molecule has 3 aromatic carbocycles. The van der Waals surface area contributed by atoms with Crippen molar-refractivity contribution in [1.82, 2.24) is 0 Å². The van der Waals surface area contributed by atoms with Gasteiger partial charge in [0.1, 0.15) is 5.75 Å². The van der Waals surface area contributed by atoms with E-state index in [1.807, 2.05) is 12.1 Å². The molecule has 0 aliphatic heterocycles. The second-order valence-corrected chi connectivity index (χ2v) is 10.8. The van der Waals surface area contributed by atoms with Crippen molar-refractivity contribution in [3.05, 3.63) is 89.5 Å². The van der Waals surface area contributed by atoms with Crippen LogP contribution in [-0.4, -0.2) is 25.6 Å². The fourth-order valence-corrected chi connectivity index (χ4v) is 4.88. The van der Waals surface area contributed by atoms with E-state index in [1.165, 1.54) is 50.5 Å². The monoisotopic (exact) mass is 564 g/mol. The maximum absolute atomic E-state index is 13.6. The second kappa shape index (κ2) is 18.4. The highest BCUT2D eigenvalue weighted by Gasteiger charge is 2.23. The van der Waals surface area contributed by atoms with Crippen molar-refractivity contribution in [3.8, 4) is 16.9 Å². The van der Waals surface area contributed by atoms with Crippen molar-refractivity contribution < 1.29 is 23.0 Å². The zero-order valence-electron chi connectivity index (χ0n) is 24.8. The molecule has 1 atom stereocenters. The van der Waals surface area contributed by atoms with Crippen LogP contribution in [0.1, 0.15) is 105 Å². The molecule has 41 heavy (non-hydrogen) atoms. The first-order valence-electron chi connectivity index (χ1n) is 15.4. The summed E-state index contributed by atoms with van der Waals surface area (Å²) in [5.74, 6) is -1.18. The van der Waals surface area contributed by atoms with E-state index in [-0.39, 0.29) is 6.61 Å². The summed E-state index contributed by atoms with van der Waals surface area (Å²) in [6, 6.07) is 22.3. The Labute approximate surface area is 245 Å². The van der Waals surface area contributed by atoms with Gasteiger partial charge in [0.25, 0.3) is 0 Å². The van der Waals surface area contributed by atoms with Crippen molar-refractivity contribution in [3.63, 3.8) is 0 Å². The summed E-state index contributed by atoms with van der Waals surface area (Å²) in [6.07, 6.45) is 10.7. The SMILES string of the molecule is CCCCCCCCCc1ccc(-c2ccc(C(=O)Oc3ccc([C@H](COCCCCC)C(F)F)cc3)cc2)cc1. The first kappa shape index (κ1) is 32.5. The maximum atomic E-state index is 13.6. The van der Waals surface area contributed by atoms with Crippen molar-refractivity contribution in [2.24, 2.45) is 0 Å². The lowest BCUT2D eigenvalue weighted by Gasteiger charge is -2.17. The van der Waals surface area contributed by atoms with Gasteiger partial charge in [0.15, 0.2) is 0 Å². The molecule has 5 heteroatoms. The van der Waals surface area contributed by atoms with Crippen LogP contribution in [0.2, 0.25) is 0 Å². The fourth-order valence-electron chi connectivity index (χ4n) is 4.88. The summed E-state index contributed by atoms with van der Waals surface area (Å²) in [5, 5.41) is 0. The number of hydrogen-bond acceptors (Lipinski definition) is 3. The number of benzene rings is 3. The molecule has 0 saturated carbocycles. The van der Waals surface area contributed by atoms with Gasteiger partial charge in [-0.05, 0) is 65.8 Å². The standard InChI is InChI=1S/C36H46F2O3/c1-3-5-7-8-9-10-11-13-28-14-16-29(17-15-28)30-18-20-32(21-19-30)36(39)41-33-24-22-31(23-25-33)34(35(37)38)27-40-26-12-6-4-2/h14-25,34-35H,3-13,26-27H2,1-2H3/t34-/m0/s1. The van der Waals surface area contributed by atoms with Crippen LogP contribution in [0.3, 0.4) is 0 Å². The molecule has 0 saturated heterocycles. The molecule has 0 heterocycles. The van der Waals surface area contributed by atoms with Gasteiger partial charge < -0.3 is 9.47 Å². The molecule has 0 bridgehead atoms. The number of ether oxygens (including phenoxy) is 2. The van der Waals surface area contributed by atoms with Gasteiger partial charge in [-0.25, -0.2) is 13.6 Å². The van der Waals surface area contributed by atoms with E-state index < -0.39 is 18.3 Å². The number of carbonyl (C=O) groups is 1. The third kappa shape index (κ3) is 11.4. The smallest absolute Gasteiger partial charge is 0.343 e. The summed E-state index contributed by atoms with van der Waals surface area (Å²) in [7, 11) is 0. The van der Waals surface area contributed by atoms with Crippen molar-refractivity contribution >= 4 is 5.97 Å². The summed E-state index contributed by atoms with van der Waals surface area (Å²) < 4.78 is 38.2. The first-order valence-corrected chi connectivity index (χ1v) is 15.4. The molecule has 0 aliphatic rings. The van der Waals surface area contributed by atoms with Gasteiger partial charge in [0.05, 0.1) is 18.1 Å². The topological polar surface area (TPSA) is 35.5 Å². The van der Waals surface area contributed by atoms with Crippen molar-refractivity contribution in [2.45, 2.75) is 96.8 Å². The third-order valence-electron chi connectivity index (χ3n) is 7.49. The lowest BCUT2D eigenvalue weighted by Crippen LogP contribution is -2.16. The van der Waals surface area contributed by atoms with Gasteiger partial charge in [0.2, 0.25) is 6.43 Å². The third-order valence-corrected chi connectivity index (χ3v) is 7.49. The van der Waals surface area contributed by atoms with E-state index in [1.54, 1.807) is 36.4 Å². The summed E-state index contributed by atoms with van der Waals surface area (Å²) >= 11 is 0. The Morgan fingerprint density at radius 3 is 1.85 bits per heavy atom. The van der Waals surface area contributed by atoms with Crippen molar-refractivity contribution in [1.29, 1.82) is 0 Å². The van der Waals surface area contributed by atoms with Crippen LogP contribution >= 0.6 is 0 Å². The number of carbonyl (C=O) groups excluding carboxylic acids is 1. The minimum atomic E-state index is -2.53. The Kier molecular flexibility index (Phi) is 14.6. The summed E-state index contributed by atoms with van der Waals surface area (Å²) in [6.45, 7) is 4.78. The van der Waals surface area contributed by atoms with E-state index in [0.717, 1.165) is 36.8 Å². The summed E-state index contributed by atoms with van der Waals surface area (Å²) in [4.78, 5) is 12.7. The minimum absolute atomic E-state index is 0.0330. The molecular formula is C36H46F2O3. The van der Waals surface area contributed by atoms with Gasteiger partial charge >= 0.3 is 5.97 Å². The zero-order valence-corrected chi connectivity index (χ0v) is 24.8. The lowest BCUT2D eigenvalue weighted by molar-refractivity contribution is 0.0422.